The van der Waals surface area contributed by atoms with E-state index in [9.17, 15) is 13.2 Å². The molecule has 2 aromatic heterocycles. The summed E-state index contributed by atoms with van der Waals surface area (Å²) < 4.78 is 33.9. The van der Waals surface area contributed by atoms with E-state index in [2.05, 4.69) is 25.0 Å². The Balaban J connectivity index is 1.60. The Morgan fingerprint density at radius 3 is 2.49 bits per heavy atom. The van der Waals surface area contributed by atoms with Gasteiger partial charge in [-0.3, -0.25) is 14.4 Å². The van der Waals surface area contributed by atoms with Crippen molar-refractivity contribution in [3.05, 3.63) is 65.5 Å². The predicted molar refractivity (Wildman–Crippen MR) is 147 cm³/mol. The van der Waals surface area contributed by atoms with Gasteiger partial charge in [-0.25, -0.2) is 13.4 Å². The van der Waals surface area contributed by atoms with Crippen LogP contribution in [0.3, 0.4) is 0 Å². The van der Waals surface area contributed by atoms with Gasteiger partial charge < -0.3 is 4.74 Å². The second kappa shape index (κ2) is 11.0. The van der Waals surface area contributed by atoms with E-state index in [0.717, 1.165) is 27.2 Å². The first-order valence-electron chi connectivity index (χ1n) is 12.2. The monoisotopic (exact) mass is 540 g/mol. The van der Waals surface area contributed by atoms with Gasteiger partial charge in [0.2, 0.25) is 5.91 Å². The minimum Gasteiger partial charge on any atom is -0.497 e. The van der Waals surface area contributed by atoms with E-state index in [1.54, 1.807) is 17.0 Å². The second-order valence-corrected chi connectivity index (χ2v) is 12.4. The highest BCUT2D eigenvalue weighted by molar-refractivity contribution is 7.91. The van der Waals surface area contributed by atoms with E-state index in [1.165, 1.54) is 30.6 Å². The molecule has 0 bridgehead atoms. The van der Waals surface area contributed by atoms with Gasteiger partial charge in [-0.1, -0.05) is 37.3 Å². The predicted octanol–water partition coefficient (Wildman–Crippen LogP) is 5.14. The van der Waals surface area contributed by atoms with Gasteiger partial charge in [-0.15, -0.1) is 0 Å². The van der Waals surface area contributed by atoms with Crippen LogP contribution in [0.5, 0.6) is 5.75 Å². The Bertz CT molecular complexity index is 1510. The summed E-state index contributed by atoms with van der Waals surface area (Å²) in [6, 6.07) is 14.2. The maximum absolute atomic E-state index is 13.5. The molecule has 0 unspecified atom stereocenters. The average molecular weight is 541 g/mol. The summed E-state index contributed by atoms with van der Waals surface area (Å²) in [6.45, 7) is 8.94. The van der Waals surface area contributed by atoms with Gasteiger partial charge in [0.15, 0.2) is 15.0 Å². The van der Waals surface area contributed by atoms with Gasteiger partial charge in [0, 0.05) is 18.7 Å². The minimum atomic E-state index is -3.65. The molecule has 0 N–H and O–H groups in total. The molecule has 0 aliphatic heterocycles. The van der Waals surface area contributed by atoms with E-state index in [-0.39, 0.29) is 28.9 Å². The number of amides is 1. The van der Waals surface area contributed by atoms with Crippen LogP contribution < -0.4 is 9.64 Å². The van der Waals surface area contributed by atoms with E-state index in [4.69, 9.17) is 9.72 Å². The van der Waals surface area contributed by atoms with Crippen LogP contribution in [0.4, 0.5) is 5.13 Å². The van der Waals surface area contributed by atoms with Crippen LogP contribution in [-0.4, -0.2) is 48.5 Å². The van der Waals surface area contributed by atoms with E-state index >= 15 is 0 Å². The zero-order chi connectivity index (χ0) is 26.7. The molecule has 0 saturated carbocycles. The number of rotatable bonds is 10. The average Bonchev–Trinajstić information content (AvgIpc) is 3.44. The number of carbonyl (C=O) groups is 1. The molecule has 4 rings (SSSR count). The van der Waals surface area contributed by atoms with Crippen molar-refractivity contribution < 1.29 is 17.9 Å². The first kappa shape index (κ1) is 26.8. The maximum Gasteiger partial charge on any atom is 0.229 e. The number of aryl methyl sites for hydroxylation is 2. The Kier molecular flexibility index (Phi) is 7.99. The SMILES string of the molecule is COc1ccc(S(=O)(=O)CCC(=O)N(CCn2nc(C)cc2C)c2nc3c(C(C)C)cccc3s2)cc1. The zero-order valence-electron chi connectivity index (χ0n) is 21.8. The third-order valence-corrected chi connectivity index (χ3v) is 9.01. The van der Waals surface area contributed by atoms with Crippen molar-refractivity contribution in [2.75, 3.05) is 24.3 Å². The lowest BCUT2D eigenvalue weighted by Crippen LogP contribution is -2.35. The van der Waals surface area contributed by atoms with E-state index in [0.29, 0.717) is 24.0 Å². The summed E-state index contributed by atoms with van der Waals surface area (Å²) in [6.07, 6.45) is -0.154. The van der Waals surface area contributed by atoms with Gasteiger partial charge in [-0.2, -0.15) is 5.10 Å². The molecule has 0 radical (unpaired) electrons. The highest BCUT2D eigenvalue weighted by atomic mass is 32.2. The number of hydrogen-bond acceptors (Lipinski definition) is 7. The number of nitrogens with zero attached hydrogens (tertiary/aromatic N) is 4. The minimum absolute atomic E-state index is 0.154. The molecule has 8 nitrogen and oxygen atoms in total. The molecule has 10 heteroatoms. The molecule has 2 aromatic carbocycles. The molecular formula is C27H32N4O4S2. The van der Waals surface area contributed by atoms with Crippen molar-refractivity contribution in [1.82, 2.24) is 14.8 Å². The van der Waals surface area contributed by atoms with Crippen molar-refractivity contribution >= 4 is 42.4 Å². The first-order valence-corrected chi connectivity index (χ1v) is 14.6. The van der Waals surface area contributed by atoms with Crippen LogP contribution in [0.15, 0.2) is 53.4 Å². The normalized spacial score (nSPS) is 11.8. The number of anilines is 1. The van der Waals surface area contributed by atoms with Crippen LogP contribution in [-0.2, 0) is 21.2 Å². The van der Waals surface area contributed by atoms with Crippen molar-refractivity contribution in [3.63, 3.8) is 0 Å². The number of ether oxygens (including phenoxy) is 1. The summed E-state index contributed by atoms with van der Waals surface area (Å²) in [4.78, 5) is 20.1. The molecule has 37 heavy (non-hydrogen) atoms. The zero-order valence-corrected chi connectivity index (χ0v) is 23.4. The van der Waals surface area contributed by atoms with Crippen molar-refractivity contribution in [1.29, 1.82) is 0 Å². The number of carbonyl (C=O) groups excluding carboxylic acids is 1. The topological polar surface area (TPSA) is 94.4 Å². The van der Waals surface area contributed by atoms with Gasteiger partial charge >= 0.3 is 0 Å². The second-order valence-electron chi connectivity index (χ2n) is 9.29. The lowest BCUT2D eigenvalue weighted by molar-refractivity contribution is -0.118. The molecular weight excluding hydrogens is 508 g/mol. The van der Waals surface area contributed by atoms with Crippen LogP contribution in [0.1, 0.15) is 43.1 Å². The van der Waals surface area contributed by atoms with Crippen molar-refractivity contribution in [3.8, 4) is 5.75 Å². The molecule has 0 fully saturated rings. The molecule has 0 saturated heterocycles. The number of benzene rings is 2. The number of hydrogen-bond donors (Lipinski definition) is 0. The Labute approximate surface area is 221 Å². The standard InChI is InChI=1S/C27H32N4O4S2/c1-18(2)23-7-6-8-24-26(23)28-27(36-24)30(14-15-31-20(4)17-19(3)29-31)25(32)13-16-37(33,34)22-11-9-21(35-5)10-12-22/h6-12,17-18H,13-16H2,1-5H3. The van der Waals surface area contributed by atoms with E-state index < -0.39 is 9.84 Å². The van der Waals surface area contributed by atoms with Gasteiger partial charge in [0.1, 0.15) is 5.75 Å². The quantitative estimate of drug-likeness (QED) is 0.277. The molecule has 0 aliphatic rings. The Hall–Kier alpha value is -3.24. The lowest BCUT2D eigenvalue weighted by atomic mass is 10.0. The fourth-order valence-electron chi connectivity index (χ4n) is 4.22. The summed E-state index contributed by atoms with van der Waals surface area (Å²) >= 11 is 1.44. The van der Waals surface area contributed by atoms with Gasteiger partial charge in [-0.05, 0) is 61.7 Å². The van der Waals surface area contributed by atoms with Crippen LogP contribution >= 0.6 is 11.3 Å². The van der Waals surface area contributed by atoms with Crippen LogP contribution in [0.2, 0.25) is 0 Å². The summed E-state index contributed by atoms with van der Waals surface area (Å²) in [5.41, 5.74) is 3.90. The number of thiazole rings is 1. The molecule has 0 atom stereocenters. The summed E-state index contributed by atoms with van der Waals surface area (Å²) in [7, 11) is -2.12. The number of para-hydroxylation sites is 1. The largest absolute Gasteiger partial charge is 0.497 e. The molecule has 1 amide bonds. The first-order chi connectivity index (χ1) is 17.6. The van der Waals surface area contributed by atoms with Crippen LogP contribution in [0, 0.1) is 13.8 Å². The fraction of sp³-hybridized carbons (Fsp3) is 0.370. The van der Waals surface area contributed by atoms with Gasteiger partial charge in [0.25, 0.3) is 0 Å². The van der Waals surface area contributed by atoms with Crippen molar-refractivity contribution in [2.24, 2.45) is 0 Å². The molecule has 0 aliphatic carbocycles. The third kappa shape index (κ3) is 6.02. The molecule has 0 spiro atoms. The Morgan fingerprint density at radius 1 is 1.14 bits per heavy atom. The van der Waals surface area contributed by atoms with Gasteiger partial charge in [0.05, 0.1) is 40.2 Å². The molecule has 2 heterocycles. The smallest absolute Gasteiger partial charge is 0.229 e. The number of aromatic nitrogens is 3. The number of fused-ring (bicyclic) bond motifs is 1. The summed E-state index contributed by atoms with van der Waals surface area (Å²) in [5.74, 6) is 0.273. The van der Waals surface area contributed by atoms with Crippen LogP contribution in [0.25, 0.3) is 10.2 Å². The lowest BCUT2D eigenvalue weighted by Gasteiger charge is -2.20. The third-order valence-electron chi connectivity index (χ3n) is 6.23. The molecule has 4 aromatic rings. The van der Waals surface area contributed by atoms with Crippen molar-refractivity contribution in [2.45, 2.75) is 51.5 Å². The van der Waals surface area contributed by atoms with E-state index in [1.807, 2.05) is 36.7 Å². The number of sulfone groups is 1. The Morgan fingerprint density at radius 2 is 1.86 bits per heavy atom. The number of methoxy groups -OCH3 is 1. The fourth-order valence-corrected chi connectivity index (χ4v) is 6.49. The highest BCUT2D eigenvalue weighted by Gasteiger charge is 2.24. The summed E-state index contributed by atoms with van der Waals surface area (Å²) in [5, 5.41) is 5.08. The maximum atomic E-state index is 13.5. The highest BCUT2D eigenvalue weighted by Crippen LogP contribution is 2.34. The molecule has 196 valence electrons.